The highest BCUT2D eigenvalue weighted by Crippen LogP contribution is 2.19. The van der Waals surface area contributed by atoms with Crippen molar-refractivity contribution in [3.05, 3.63) is 27.9 Å². The fraction of sp³-hybridized carbons (Fsp3) is 0.444. The van der Waals surface area contributed by atoms with Crippen LogP contribution in [0, 0.1) is 10.1 Å². The lowest BCUT2D eigenvalue weighted by atomic mass is 10.2. The van der Waals surface area contributed by atoms with Gasteiger partial charge in [0, 0.05) is 11.8 Å². The SMILES string of the molecule is CCCCc1ccc([N+](=O)[O-])c(N)n1. The third-order valence-corrected chi connectivity index (χ3v) is 1.94. The standard InChI is InChI=1S/C9H13N3O2/c1-2-3-4-7-5-6-8(12(13)14)9(10)11-7/h5-6H,2-4H2,1H3,(H2,10,11). The Morgan fingerprint density at radius 1 is 1.57 bits per heavy atom. The molecule has 0 aliphatic heterocycles. The van der Waals surface area contributed by atoms with Gasteiger partial charge in [0.25, 0.3) is 0 Å². The summed E-state index contributed by atoms with van der Waals surface area (Å²) in [5, 5.41) is 10.4. The number of hydrogen-bond donors (Lipinski definition) is 1. The van der Waals surface area contributed by atoms with Crippen molar-refractivity contribution >= 4 is 11.5 Å². The van der Waals surface area contributed by atoms with Gasteiger partial charge in [-0.2, -0.15) is 0 Å². The van der Waals surface area contributed by atoms with Gasteiger partial charge in [0.15, 0.2) is 0 Å². The zero-order valence-corrected chi connectivity index (χ0v) is 8.06. The van der Waals surface area contributed by atoms with Crippen LogP contribution >= 0.6 is 0 Å². The minimum absolute atomic E-state index is 0.00334. The van der Waals surface area contributed by atoms with Crippen molar-refractivity contribution in [1.82, 2.24) is 4.98 Å². The van der Waals surface area contributed by atoms with Crippen LogP contribution in [0.15, 0.2) is 12.1 Å². The van der Waals surface area contributed by atoms with Gasteiger partial charge in [-0.05, 0) is 18.9 Å². The normalized spacial score (nSPS) is 10.1. The fourth-order valence-corrected chi connectivity index (χ4v) is 1.16. The Kier molecular flexibility index (Phi) is 3.39. The van der Waals surface area contributed by atoms with Gasteiger partial charge in [0.1, 0.15) is 0 Å². The molecule has 1 heterocycles. The number of nitro groups is 1. The first-order valence-electron chi connectivity index (χ1n) is 4.55. The van der Waals surface area contributed by atoms with Crippen LogP contribution in [0.4, 0.5) is 11.5 Å². The van der Waals surface area contributed by atoms with Crippen molar-refractivity contribution in [3.63, 3.8) is 0 Å². The lowest BCUT2D eigenvalue weighted by Crippen LogP contribution is -2.01. The van der Waals surface area contributed by atoms with E-state index in [1.54, 1.807) is 6.07 Å². The summed E-state index contributed by atoms with van der Waals surface area (Å²) in [7, 11) is 0. The van der Waals surface area contributed by atoms with Crippen LogP contribution in [0.2, 0.25) is 0 Å². The van der Waals surface area contributed by atoms with Crippen LogP contribution in [0.5, 0.6) is 0 Å². The maximum absolute atomic E-state index is 10.4. The Hall–Kier alpha value is -1.65. The summed E-state index contributed by atoms with van der Waals surface area (Å²) in [6, 6.07) is 3.07. The summed E-state index contributed by atoms with van der Waals surface area (Å²) in [5.41, 5.74) is 6.14. The number of nitrogens with zero attached hydrogens (tertiary/aromatic N) is 2. The molecule has 0 radical (unpaired) electrons. The Morgan fingerprint density at radius 2 is 2.29 bits per heavy atom. The number of aromatic nitrogens is 1. The summed E-state index contributed by atoms with van der Waals surface area (Å²) < 4.78 is 0. The second-order valence-electron chi connectivity index (χ2n) is 3.07. The van der Waals surface area contributed by atoms with E-state index in [0.717, 1.165) is 25.0 Å². The van der Waals surface area contributed by atoms with E-state index in [0.29, 0.717) is 0 Å². The fourth-order valence-electron chi connectivity index (χ4n) is 1.16. The van der Waals surface area contributed by atoms with Crippen molar-refractivity contribution in [1.29, 1.82) is 0 Å². The topological polar surface area (TPSA) is 82.0 Å². The smallest absolute Gasteiger partial charge is 0.311 e. The van der Waals surface area contributed by atoms with Crippen LogP contribution in [0.3, 0.4) is 0 Å². The molecule has 5 heteroatoms. The van der Waals surface area contributed by atoms with E-state index in [1.165, 1.54) is 6.07 Å². The minimum atomic E-state index is -0.522. The highest BCUT2D eigenvalue weighted by atomic mass is 16.6. The molecule has 0 fully saturated rings. The zero-order valence-electron chi connectivity index (χ0n) is 8.06. The third-order valence-electron chi connectivity index (χ3n) is 1.94. The first-order valence-corrected chi connectivity index (χ1v) is 4.55. The molecule has 2 N–H and O–H groups in total. The van der Waals surface area contributed by atoms with E-state index in [9.17, 15) is 10.1 Å². The molecule has 1 aromatic heterocycles. The van der Waals surface area contributed by atoms with E-state index in [2.05, 4.69) is 11.9 Å². The van der Waals surface area contributed by atoms with E-state index >= 15 is 0 Å². The van der Waals surface area contributed by atoms with Crippen LogP contribution < -0.4 is 5.73 Å². The van der Waals surface area contributed by atoms with Crippen LogP contribution in [-0.4, -0.2) is 9.91 Å². The number of rotatable bonds is 4. The molecule has 0 bridgehead atoms. The number of hydrogen-bond acceptors (Lipinski definition) is 4. The third kappa shape index (κ3) is 2.42. The molecule has 5 nitrogen and oxygen atoms in total. The minimum Gasteiger partial charge on any atom is -0.378 e. The molecule has 0 saturated heterocycles. The number of anilines is 1. The second-order valence-corrected chi connectivity index (χ2v) is 3.07. The van der Waals surface area contributed by atoms with E-state index in [1.807, 2.05) is 0 Å². The van der Waals surface area contributed by atoms with Crippen molar-refractivity contribution < 1.29 is 4.92 Å². The highest BCUT2D eigenvalue weighted by molar-refractivity contribution is 5.52. The molecule has 0 saturated carbocycles. The molecule has 0 atom stereocenters. The Labute approximate surface area is 82.1 Å². The van der Waals surface area contributed by atoms with Gasteiger partial charge in [0.2, 0.25) is 5.82 Å². The largest absolute Gasteiger partial charge is 0.378 e. The summed E-state index contributed by atoms with van der Waals surface area (Å²) in [5.74, 6) is 0.00334. The lowest BCUT2D eigenvalue weighted by Gasteiger charge is -2.00. The van der Waals surface area contributed by atoms with Crippen molar-refractivity contribution in [2.24, 2.45) is 0 Å². The predicted octanol–water partition coefficient (Wildman–Crippen LogP) is 1.91. The summed E-state index contributed by atoms with van der Waals surface area (Å²) in [6.45, 7) is 2.08. The van der Waals surface area contributed by atoms with Crippen molar-refractivity contribution in [2.75, 3.05) is 5.73 Å². The van der Waals surface area contributed by atoms with Gasteiger partial charge in [-0.25, -0.2) is 4.98 Å². The van der Waals surface area contributed by atoms with Gasteiger partial charge in [0.05, 0.1) is 4.92 Å². The average Bonchev–Trinajstić information content (AvgIpc) is 2.14. The van der Waals surface area contributed by atoms with E-state index in [4.69, 9.17) is 5.73 Å². The number of nitrogens with two attached hydrogens (primary N) is 1. The molecule has 14 heavy (non-hydrogen) atoms. The number of pyridine rings is 1. The quantitative estimate of drug-likeness (QED) is 0.587. The Balaban J connectivity index is 2.83. The lowest BCUT2D eigenvalue weighted by molar-refractivity contribution is -0.384. The molecule has 1 aromatic rings. The highest BCUT2D eigenvalue weighted by Gasteiger charge is 2.12. The molecule has 0 spiro atoms. The molecule has 1 rings (SSSR count). The summed E-state index contributed by atoms with van der Waals surface area (Å²) in [4.78, 5) is 13.9. The predicted molar refractivity (Wildman–Crippen MR) is 53.9 cm³/mol. The van der Waals surface area contributed by atoms with Crippen LogP contribution in [0.1, 0.15) is 25.5 Å². The Bertz CT molecular complexity index is 339. The first kappa shape index (κ1) is 10.4. The van der Waals surface area contributed by atoms with Crippen LogP contribution in [-0.2, 0) is 6.42 Å². The maximum atomic E-state index is 10.4. The first-order chi connectivity index (χ1) is 6.65. The molecule has 76 valence electrons. The van der Waals surface area contributed by atoms with Gasteiger partial charge in [-0.1, -0.05) is 13.3 Å². The van der Waals surface area contributed by atoms with E-state index in [-0.39, 0.29) is 11.5 Å². The van der Waals surface area contributed by atoms with Gasteiger partial charge >= 0.3 is 5.69 Å². The van der Waals surface area contributed by atoms with Gasteiger partial charge in [-0.15, -0.1) is 0 Å². The van der Waals surface area contributed by atoms with Gasteiger partial charge in [-0.3, -0.25) is 10.1 Å². The van der Waals surface area contributed by atoms with Crippen LogP contribution in [0.25, 0.3) is 0 Å². The molecule has 0 amide bonds. The zero-order chi connectivity index (χ0) is 10.6. The Morgan fingerprint density at radius 3 is 2.79 bits per heavy atom. The molecular weight excluding hydrogens is 182 g/mol. The molecular formula is C9H13N3O2. The number of aryl methyl sites for hydroxylation is 1. The summed E-state index contributed by atoms with van der Waals surface area (Å²) in [6.07, 6.45) is 2.90. The molecule has 0 aliphatic rings. The monoisotopic (exact) mass is 195 g/mol. The number of unbranched alkanes of at least 4 members (excludes halogenated alkanes) is 1. The van der Waals surface area contributed by atoms with Crippen molar-refractivity contribution in [3.8, 4) is 0 Å². The molecule has 0 unspecified atom stereocenters. The average molecular weight is 195 g/mol. The second kappa shape index (κ2) is 4.55. The molecule has 0 aromatic carbocycles. The molecule has 0 aliphatic carbocycles. The van der Waals surface area contributed by atoms with Crippen molar-refractivity contribution in [2.45, 2.75) is 26.2 Å². The van der Waals surface area contributed by atoms with E-state index < -0.39 is 4.92 Å². The van der Waals surface area contributed by atoms with Gasteiger partial charge < -0.3 is 5.73 Å². The maximum Gasteiger partial charge on any atom is 0.311 e. The number of nitrogen functional groups attached to an aromatic ring is 1. The summed E-state index contributed by atoms with van der Waals surface area (Å²) >= 11 is 0.